The Morgan fingerprint density at radius 2 is 2.18 bits per heavy atom. The summed E-state index contributed by atoms with van der Waals surface area (Å²) in [6, 6.07) is 0. The van der Waals surface area contributed by atoms with Crippen LogP contribution in [0.4, 0.5) is 0 Å². The summed E-state index contributed by atoms with van der Waals surface area (Å²) in [6.07, 6.45) is 7.93. The van der Waals surface area contributed by atoms with E-state index >= 15 is 0 Å². The van der Waals surface area contributed by atoms with Crippen molar-refractivity contribution in [3.05, 3.63) is 0 Å². The zero-order valence-corrected chi connectivity index (χ0v) is 13.6. The van der Waals surface area contributed by atoms with Gasteiger partial charge in [-0.25, -0.2) is 0 Å². The molecule has 0 aromatic heterocycles. The van der Waals surface area contributed by atoms with Gasteiger partial charge in [0.05, 0.1) is 0 Å². The molecule has 0 spiro atoms. The Bertz CT molecular complexity index is 219. The maximum absolute atomic E-state index is 5.74. The molecule has 0 saturated heterocycles. The summed E-state index contributed by atoms with van der Waals surface area (Å²) in [4.78, 5) is 4.22. The second kappa shape index (κ2) is 9.97. The van der Waals surface area contributed by atoms with Crippen LogP contribution in [0.2, 0.25) is 0 Å². The highest BCUT2D eigenvalue weighted by atomic mass is 127. The van der Waals surface area contributed by atoms with E-state index in [-0.39, 0.29) is 24.0 Å². The molecule has 0 aliphatic heterocycles. The van der Waals surface area contributed by atoms with Crippen molar-refractivity contribution in [1.29, 1.82) is 0 Å². The van der Waals surface area contributed by atoms with Crippen LogP contribution in [0.1, 0.15) is 52.4 Å². The summed E-state index contributed by atoms with van der Waals surface area (Å²) in [5.41, 5.74) is 5.74. The zero-order valence-electron chi connectivity index (χ0n) is 11.2. The van der Waals surface area contributed by atoms with Crippen LogP contribution in [-0.2, 0) is 0 Å². The van der Waals surface area contributed by atoms with Crippen LogP contribution in [0.3, 0.4) is 0 Å². The smallest absolute Gasteiger partial charge is 0.188 e. The molecule has 3 nitrogen and oxygen atoms in total. The lowest BCUT2D eigenvalue weighted by Gasteiger charge is -2.26. The maximum atomic E-state index is 5.74. The molecule has 1 saturated carbocycles. The van der Waals surface area contributed by atoms with Crippen molar-refractivity contribution in [2.45, 2.75) is 52.4 Å². The first-order chi connectivity index (χ1) is 7.72. The number of rotatable bonds is 5. The average Bonchev–Trinajstić information content (AvgIpc) is 2.26. The molecule has 0 aromatic rings. The summed E-state index contributed by atoms with van der Waals surface area (Å²) in [5.74, 6) is 2.44. The monoisotopic (exact) mass is 353 g/mol. The Balaban J connectivity index is 0.00000256. The zero-order chi connectivity index (χ0) is 11.8. The summed E-state index contributed by atoms with van der Waals surface area (Å²) < 4.78 is 0. The van der Waals surface area contributed by atoms with Crippen molar-refractivity contribution >= 4 is 29.9 Å². The number of nitrogens with one attached hydrogen (secondary N) is 1. The average molecular weight is 353 g/mol. The van der Waals surface area contributed by atoms with Gasteiger partial charge in [0.25, 0.3) is 0 Å². The molecule has 1 rings (SSSR count). The predicted molar refractivity (Wildman–Crippen MR) is 85.9 cm³/mol. The van der Waals surface area contributed by atoms with Crippen LogP contribution in [0, 0.1) is 11.8 Å². The molecule has 0 aromatic carbocycles. The molecule has 0 amide bonds. The molecular weight excluding hydrogens is 325 g/mol. The van der Waals surface area contributed by atoms with Gasteiger partial charge in [-0.3, -0.25) is 4.99 Å². The molecule has 0 heterocycles. The summed E-state index contributed by atoms with van der Waals surface area (Å²) in [6.45, 7) is 6.30. The summed E-state index contributed by atoms with van der Waals surface area (Å²) in [5, 5.41) is 3.21. The molecule has 0 radical (unpaired) electrons. The number of nitrogens with zero attached hydrogens (tertiary/aromatic N) is 1. The minimum absolute atomic E-state index is 0. The molecule has 0 bridgehead atoms. The Kier molecular flexibility index (Phi) is 9.97. The Hall–Kier alpha value is 0. The van der Waals surface area contributed by atoms with Crippen LogP contribution < -0.4 is 11.1 Å². The van der Waals surface area contributed by atoms with Crippen LogP contribution in [0.25, 0.3) is 0 Å². The minimum Gasteiger partial charge on any atom is -0.370 e. The molecule has 1 aliphatic rings. The molecule has 2 unspecified atom stereocenters. The van der Waals surface area contributed by atoms with E-state index in [2.05, 4.69) is 24.2 Å². The highest BCUT2D eigenvalue weighted by Gasteiger charge is 2.18. The fourth-order valence-corrected chi connectivity index (χ4v) is 2.51. The van der Waals surface area contributed by atoms with Crippen molar-refractivity contribution < 1.29 is 0 Å². The van der Waals surface area contributed by atoms with Crippen LogP contribution in [0.5, 0.6) is 0 Å². The fraction of sp³-hybridized carbons (Fsp3) is 0.923. The van der Waals surface area contributed by atoms with E-state index in [0.717, 1.165) is 31.3 Å². The van der Waals surface area contributed by atoms with E-state index < -0.39 is 0 Å². The molecular formula is C13H28IN3. The third-order valence-electron chi connectivity index (χ3n) is 3.41. The largest absolute Gasteiger partial charge is 0.370 e. The van der Waals surface area contributed by atoms with E-state index in [4.69, 9.17) is 5.73 Å². The van der Waals surface area contributed by atoms with Gasteiger partial charge in [0.2, 0.25) is 0 Å². The molecule has 17 heavy (non-hydrogen) atoms. The normalized spacial score (nSPS) is 25.2. The number of nitrogens with two attached hydrogens (primary N) is 1. The van der Waals surface area contributed by atoms with Gasteiger partial charge in [-0.2, -0.15) is 0 Å². The molecule has 1 fully saturated rings. The Labute approximate surface area is 123 Å². The fourth-order valence-electron chi connectivity index (χ4n) is 2.51. The summed E-state index contributed by atoms with van der Waals surface area (Å²) in [7, 11) is 0. The van der Waals surface area contributed by atoms with Crippen LogP contribution in [0.15, 0.2) is 4.99 Å². The van der Waals surface area contributed by atoms with Gasteiger partial charge in [-0.05, 0) is 31.1 Å². The number of aliphatic imine (C=N–C) groups is 1. The highest BCUT2D eigenvalue weighted by Crippen LogP contribution is 2.30. The Morgan fingerprint density at radius 1 is 1.41 bits per heavy atom. The van der Waals surface area contributed by atoms with Gasteiger partial charge >= 0.3 is 0 Å². The SMILES string of the molecule is CCCN=C(N)NCCC1CCCC(C)C1.I. The highest BCUT2D eigenvalue weighted by molar-refractivity contribution is 14.0. The topological polar surface area (TPSA) is 50.4 Å². The van der Waals surface area contributed by atoms with E-state index in [9.17, 15) is 0 Å². The maximum Gasteiger partial charge on any atom is 0.188 e. The standard InChI is InChI=1S/C13H27N3.HI/c1-3-8-15-13(14)16-9-7-12-6-4-5-11(2)10-12;/h11-12H,3-10H2,1-2H3,(H3,14,15,16);1H. The molecule has 102 valence electrons. The van der Waals surface area contributed by atoms with Crippen molar-refractivity contribution in [1.82, 2.24) is 5.32 Å². The second-order valence-corrected chi connectivity index (χ2v) is 5.12. The van der Waals surface area contributed by atoms with Gasteiger partial charge in [0, 0.05) is 13.1 Å². The van der Waals surface area contributed by atoms with Crippen molar-refractivity contribution in [2.75, 3.05) is 13.1 Å². The van der Waals surface area contributed by atoms with Gasteiger partial charge in [0.15, 0.2) is 5.96 Å². The van der Waals surface area contributed by atoms with Crippen molar-refractivity contribution in [3.8, 4) is 0 Å². The number of hydrogen-bond donors (Lipinski definition) is 2. The molecule has 2 atom stereocenters. The second-order valence-electron chi connectivity index (χ2n) is 5.12. The van der Waals surface area contributed by atoms with Gasteiger partial charge in [0.1, 0.15) is 0 Å². The van der Waals surface area contributed by atoms with Crippen LogP contribution >= 0.6 is 24.0 Å². The lowest BCUT2D eigenvalue weighted by molar-refractivity contribution is 0.270. The van der Waals surface area contributed by atoms with Gasteiger partial charge in [-0.1, -0.05) is 33.1 Å². The van der Waals surface area contributed by atoms with E-state index in [0.29, 0.717) is 5.96 Å². The lowest BCUT2D eigenvalue weighted by atomic mass is 9.81. The first-order valence-corrected chi connectivity index (χ1v) is 6.76. The first-order valence-electron chi connectivity index (χ1n) is 6.76. The summed E-state index contributed by atoms with van der Waals surface area (Å²) >= 11 is 0. The molecule has 3 N–H and O–H groups in total. The number of hydrogen-bond acceptors (Lipinski definition) is 1. The first kappa shape index (κ1) is 17.0. The van der Waals surface area contributed by atoms with Gasteiger partial charge in [-0.15, -0.1) is 24.0 Å². The minimum atomic E-state index is 0. The predicted octanol–water partition coefficient (Wildman–Crippen LogP) is 3.14. The van der Waals surface area contributed by atoms with Crippen molar-refractivity contribution in [3.63, 3.8) is 0 Å². The van der Waals surface area contributed by atoms with E-state index in [1.807, 2.05) is 0 Å². The lowest BCUT2D eigenvalue weighted by Crippen LogP contribution is -2.33. The third-order valence-corrected chi connectivity index (χ3v) is 3.41. The van der Waals surface area contributed by atoms with E-state index in [1.165, 1.54) is 32.1 Å². The molecule has 1 aliphatic carbocycles. The quantitative estimate of drug-likeness (QED) is 0.453. The van der Waals surface area contributed by atoms with Crippen molar-refractivity contribution in [2.24, 2.45) is 22.6 Å². The third kappa shape index (κ3) is 7.84. The number of halogens is 1. The van der Waals surface area contributed by atoms with Gasteiger partial charge < -0.3 is 11.1 Å². The Morgan fingerprint density at radius 3 is 2.82 bits per heavy atom. The number of guanidine groups is 1. The van der Waals surface area contributed by atoms with E-state index in [1.54, 1.807) is 0 Å². The molecule has 4 heteroatoms. The van der Waals surface area contributed by atoms with Crippen LogP contribution in [-0.4, -0.2) is 19.0 Å².